The number of ether oxygens (including phenoxy) is 1. The number of aliphatic hydroxyl groups is 1. The molecule has 156 valence electrons. The first kappa shape index (κ1) is 20.1. The van der Waals surface area contributed by atoms with Crippen molar-refractivity contribution < 1.29 is 19.4 Å². The summed E-state index contributed by atoms with van der Waals surface area (Å²) in [5.74, 6) is -0.576. The zero-order valence-electron chi connectivity index (χ0n) is 17.3. The van der Waals surface area contributed by atoms with E-state index in [9.17, 15) is 14.7 Å². The van der Waals surface area contributed by atoms with Crippen molar-refractivity contribution in [1.82, 2.24) is 9.88 Å². The van der Waals surface area contributed by atoms with Crippen molar-refractivity contribution in [2.24, 2.45) is 0 Å². The number of fused-ring (bicyclic) bond motifs is 1. The number of carbonyl (C=O) groups is 2. The quantitative estimate of drug-likeness (QED) is 0.339. The number of Topliss-reactive ketones (excluding diaryl/α,β-unsaturated/α-hetero) is 1. The summed E-state index contributed by atoms with van der Waals surface area (Å²) in [7, 11) is 0. The van der Waals surface area contributed by atoms with E-state index in [1.807, 2.05) is 25.1 Å². The Morgan fingerprint density at radius 3 is 2.83 bits per heavy atom. The van der Waals surface area contributed by atoms with Gasteiger partial charge in [0.25, 0.3) is 11.7 Å². The highest BCUT2D eigenvalue weighted by molar-refractivity contribution is 6.46. The van der Waals surface area contributed by atoms with Gasteiger partial charge in [-0.1, -0.05) is 25.8 Å². The third kappa shape index (κ3) is 3.58. The van der Waals surface area contributed by atoms with Gasteiger partial charge in [0, 0.05) is 30.9 Å². The van der Waals surface area contributed by atoms with Crippen LogP contribution in [-0.2, 0) is 16.0 Å². The molecule has 0 aliphatic carbocycles. The number of unbranched alkanes of at least 4 members (excludes halogenated alkanes) is 2. The number of pyridine rings is 1. The Bertz CT molecular complexity index is 1000. The molecule has 0 bridgehead atoms. The van der Waals surface area contributed by atoms with Gasteiger partial charge in [-0.2, -0.15) is 0 Å². The van der Waals surface area contributed by atoms with Crippen molar-refractivity contribution in [2.45, 2.75) is 51.7 Å². The molecule has 1 aromatic carbocycles. The number of ketones is 1. The molecule has 0 spiro atoms. The Morgan fingerprint density at radius 1 is 1.27 bits per heavy atom. The predicted molar refractivity (Wildman–Crippen MR) is 113 cm³/mol. The van der Waals surface area contributed by atoms with Crippen molar-refractivity contribution in [3.05, 3.63) is 65.0 Å². The lowest BCUT2D eigenvalue weighted by Gasteiger charge is -2.25. The Labute approximate surface area is 176 Å². The molecular weight excluding hydrogens is 380 g/mol. The number of benzene rings is 1. The van der Waals surface area contributed by atoms with E-state index in [4.69, 9.17) is 4.74 Å². The molecule has 1 fully saturated rings. The second-order valence-corrected chi connectivity index (χ2v) is 7.94. The van der Waals surface area contributed by atoms with Gasteiger partial charge in [-0.15, -0.1) is 0 Å². The van der Waals surface area contributed by atoms with Crippen LogP contribution in [0.4, 0.5) is 0 Å². The summed E-state index contributed by atoms with van der Waals surface area (Å²) in [6.45, 7) is 4.54. The maximum Gasteiger partial charge on any atom is 0.295 e. The first-order valence-electron chi connectivity index (χ1n) is 10.5. The number of aromatic nitrogens is 1. The number of hydrogen-bond acceptors (Lipinski definition) is 5. The van der Waals surface area contributed by atoms with E-state index in [0.29, 0.717) is 17.7 Å². The van der Waals surface area contributed by atoms with Crippen molar-refractivity contribution in [1.29, 1.82) is 0 Å². The van der Waals surface area contributed by atoms with Crippen LogP contribution < -0.4 is 4.74 Å². The molecule has 0 saturated carbocycles. The molecular formula is C24H26N2O4. The van der Waals surface area contributed by atoms with Crippen LogP contribution in [0.1, 0.15) is 55.8 Å². The van der Waals surface area contributed by atoms with Gasteiger partial charge in [-0.05, 0) is 48.7 Å². The summed E-state index contributed by atoms with van der Waals surface area (Å²) >= 11 is 0. The standard InChI is InChI=1S/C24H26N2O4/c1-3-4-5-11-26-21(17-7-6-10-25-14-17)20(23(28)24(26)29)22(27)16-8-9-19-18(13-16)12-15(2)30-19/h6-10,13-15,21,27H,3-5,11-12H2,1-2H3/b22-20-. The first-order valence-corrected chi connectivity index (χ1v) is 10.5. The summed E-state index contributed by atoms with van der Waals surface area (Å²) in [5, 5.41) is 11.1. The molecule has 2 unspecified atom stereocenters. The zero-order chi connectivity index (χ0) is 21.3. The van der Waals surface area contributed by atoms with Gasteiger partial charge >= 0.3 is 0 Å². The van der Waals surface area contributed by atoms with Crippen LogP contribution in [0.15, 0.2) is 48.3 Å². The van der Waals surface area contributed by atoms with E-state index >= 15 is 0 Å². The summed E-state index contributed by atoms with van der Waals surface area (Å²) in [6.07, 6.45) is 6.89. The van der Waals surface area contributed by atoms with Gasteiger partial charge in [-0.3, -0.25) is 14.6 Å². The van der Waals surface area contributed by atoms with Gasteiger partial charge in [0.05, 0.1) is 11.6 Å². The van der Waals surface area contributed by atoms with E-state index in [2.05, 4.69) is 11.9 Å². The van der Waals surface area contributed by atoms with Gasteiger partial charge in [0.1, 0.15) is 17.6 Å². The first-order chi connectivity index (χ1) is 14.5. The van der Waals surface area contributed by atoms with E-state index in [1.54, 1.807) is 29.4 Å². The largest absolute Gasteiger partial charge is 0.507 e. The molecule has 1 aromatic heterocycles. The minimum Gasteiger partial charge on any atom is -0.507 e. The Morgan fingerprint density at radius 2 is 2.10 bits per heavy atom. The summed E-state index contributed by atoms with van der Waals surface area (Å²) in [5.41, 5.74) is 2.35. The molecule has 1 saturated heterocycles. The molecule has 4 rings (SSSR count). The van der Waals surface area contributed by atoms with Crippen LogP contribution in [0.3, 0.4) is 0 Å². The van der Waals surface area contributed by atoms with Crippen molar-refractivity contribution >= 4 is 17.4 Å². The molecule has 2 aliphatic rings. The average Bonchev–Trinajstić information content (AvgIpc) is 3.25. The van der Waals surface area contributed by atoms with Gasteiger partial charge < -0.3 is 14.7 Å². The normalized spacial score (nSPS) is 22.3. The summed E-state index contributed by atoms with van der Waals surface area (Å²) in [4.78, 5) is 31.6. The molecule has 30 heavy (non-hydrogen) atoms. The molecule has 6 heteroatoms. The van der Waals surface area contributed by atoms with E-state index in [-0.39, 0.29) is 17.4 Å². The number of carbonyl (C=O) groups excluding carboxylic acids is 2. The monoisotopic (exact) mass is 406 g/mol. The van der Waals surface area contributed by atoms with Crippen LogP contribution >= 0.6 is 0 Å². The number of rotatable bonds is 6. The smallest absolute Gasteiger partial charge is 0.295 e. The molecule has 2 atom stereocenters. The second kappa shape index (κ2) is 8.30. The topological polar surface area (TPSA) is 79.7 Å². The maximum absolute atomic E-state index is 13.0. The highest BCUT2D eigenvalue weighted by Crippen LogP contribution is 2.40. The third-order valence-electron chi connectivity index (χ3n) is 5.71. The lowest BCUT2D eigenvalue weighted by Crippen LogP contribution is -2.30. The van der Waals surface area contributed by atoms with Gasteiger partial charge in [0.15, 0.2) is 0 Å². The van der Waals surface area contributed by atoms with Crippen molar-refractivity contribution in [2.75, 3.05) is 6.54 Å². The van der Waals surface area contributed by atoms with Crippen LogP contribution in [0.5, 0.6) is 5.75 Å². The Balaban J connectivity index is 1.78. The van der Waals surface area contributed by atoms with Crippen LogP contribution in [-0.4, -0.2) is 39.3 Å². The molecule has 2 aromatic rings. The van der Waals surface area contributed by atoms with Crippen molar-refractivity contribution in [3.8, 4) is 5.75 Å². The lowest BCUT2D eigenvalue weighted by molar-refractivity contribution is -0.139. The number of hydrogen-bond donors (Lipinski definition) is 1. The minimum absolute atomic E-state index is 0.0805. The summed E-state index contributed by atoms with van der Waals surface area (Å²) in [6, 6.07) is 8.36. The molecule has 6 nitrogen and oxygen atoms in total. The highest BCUT2D eigenvalue weighted by atomic mass is 16.5. The second-order valence-electron chi connectivity index (χ2n) is 7.94. The third-order valence-corrected chi connectivity index (χ3v) is 5.71. The number of nitrogens with zero attached hydrogens (tertiary/aromatic N) is 2. The van der Waals surface area contributed by atoms with E-state index in [0.717, 1.165) is 37.0 Å². The van der Waals surface area contributed by atoms with Gasteiger partial charge in [-0.25, -0.2) is 0 Å². The van der Waals surface area contributed by atoms with E-state index < -0.39 is 17.7 Å². The lowest BCUT2D eigenvalue weighted by atomic mass is 9.95. The molecule has 1 N–H and O–H groups in total. The Hall–Kier alpha value is -3.15. The zero-order valence-corrected chi connectivity index (χ0v) is 17.3. The van der Waals surface area contributed by atoms with E-state index in [1.165, 1.54) is 0 Å². The fourth-order valence-corrected chi connectivity index (χ4v) is 4.25. The van der Waals surface area contributed by atoms with Crippen LogP contribution in [0.2, 0.25) is 0 Å². The minimum atomic E-state index is -0.650. The predicted octanol–water partition coefficient (Wildman–Crippen LogP) is 4.02. The fourth-order valence-electron chi connectivity index (χ4n) is 4.25. The highest BCUT2D eigenvalue weighted by Gasteiger charge is 2.45. The number of aliphatic hydroxyl groups excluding tert-OH is 1. The number of amides is 1. The molecule has 0 radical (unpaired) electrons. The number of likely N-dealkylation sites (tertiary alicyclic amines) is 1. The molecule has 3 heterocycles. The maximum atomic E-state index is 13.0. The molecule has 1 amide bonds. The summed E-state index contributed by atoms with van der Waals surface area (Å²) < 4.78 is 5.73. The SMILES string of the molecule is CCCCCN1C(=O)C(=O)/C(=C(\O)c2ccc3c(c2)CC(C)O3)C1c1cccnc1. The van der Waals surface area contributed by atoms with Crippen LogP contribution in [0, 0.1) is 0 Å². The van der Waals surface area contributed by atoms with Crippen molar-refractivity contribution in [3.63, 3.8) is 0 Å². The fraction of sp³-hybridized carbons (Fsp3) is 0.375. The van der Waals surface area contributed by atoms with Gasteiger partial charge in [0.2, 0.25) is 0 Å². The van der Waals surface area contributed by atoms with Crippen LogP contribution in [0.25, 0.3) is 5.76 Å². The average molecular weight is 406 g/mol. The Kier molecular flexibility index (Phi) is 5.57. The molecule has 2 aliphatic heterocycles.